The van der Waals surface area contributed by atoms with Gasteiger partial charge in [-0.15, -0.1) is 0 Å². The Morgan fingerprint density at radius 2 is 1.79 bits per heavy atom. The molecule has 0 aliphatic carbocycles. The topological polar surface area (TPSA) is 96.2 Å². The predicted octanol–water partition coefficient (Wildman–Crippen LogP) is 0.403. The van der Waals surface area contributed by atoms with E-state index in [4.69, 9.17) is 14.6 Å². The fraction of sp³-hybridized carbons (Fsp3) is 0.923. The highest BCUT2D eigenvalue weighted by molar-refractivity contribution is 5.68. The largest absolute Gasteiger partial charge is 0.480 e. The van der Waals surface area contributed by atoms with E-state index < -0.39 is 41.4 Å². The Balaban J connectivity index is 2.91. The fourth-order valence-electron chi connectivity index (χ4n) is 2.52. The zero-order valence-electron chi connectivity index (χ0n) is 12.1. The zero-order valence-corrected chi connectivity index (χ0v) is 12.1. The number of aliphatic carboxylic acids is 1. The van der Waals surface area contributed by atoms with E-state index in [0.717, 1.165) is 0 Å². The molecule has 3 N–H and O–H groups in total. The third kappa shape index (κ3) is 2.76. The van der Waals surface area contributed by atoms with E-state index in [-0.39, 0.29) is 6.61 Å². The molecule has 5 atom stereocenters. The second-order valence-electron chi connectivity index (χ2n) is 5.97. The average molecular weight is 276 g/mol. The van der Waals surface area contributed by atoms with E-state index in [1.807, 2.05) is 0 Å². The lowest BCUT2D eigenvalue weighted by atomic mass is 9.65. The summed E-state index contributed by atoms with van der Waals surface area (Å²) in [6, 6.07) is 0. The summed E-state index contributed by atoms with van der Waals surface area (Å²) in [5.74, 6) is -1.53. The summed E-state index contributed by atoms with van der Waals surface area (Å²) in [7, 11) is 0. The molecule has 19 heavy (non-hydrogen) atoms. The van der Waals surface area contributed by atoms with Gasteiger partial charge >= 0.3 is 5.97 Å². The maximum atomic E-state index is 10.7. The minimum Gasteiger partial charge on any atom is -0.480 e. The average Bonchev–Trinajstić information content (AvgIpc) is 2.25. The zero-order chi connectivity index (χ0) is 15.1. The molecule has 1 aliphatic rings. The van der Waals surface area contributed by atoms with Crippen molar-refractivity contribution in [1.29, 1.82) is 0 Å². The van der Waals surface area contributed by atoms with Crippen LogP contribution in [-0.4, -0.2) is 57.4 Å². The van der Waals surface area contributed by atoms with E-state index >= 15 is 0 Å². The molecule has 1 fully saturated rings. The highest BCUT2D eigenvalue weighted by Gasteiger charge is 2.60. The number of ether oxygens (including phenoxy) is 2. The molecular weight excluding hydrogens is 252 g/mol. The molecule has 0 aromatic rings. The molecule has 0 bridgehead atoms. The van der Waals surface area contributed by atoms with Crippen LogP contribution in [0, 0.1) is 5.92 Å². The van der Waals surface area contributed by atoms with Gasteiger partial charge in [-0.1, -0.05) is 6.92 Å². The Labute approximate surface area is 113 Å². The van der Waals surface area contributed by atoms with Crippen LogP contribution in [0.1, 0.15) is 34.6 Å². The van der Waals surface area contributed by atoms with Gasteiger partial charge in [-0.05, 0) is 27.7 Å². The second kappa shape index (κ2) is 5.01. The van der Waals surface area contributed by atoms with E-state index in [1.165, 1.54) is 0 Å². The van der Waals surface area contributed by atoms with Gasteiger partial charge in [0.1, 0.15) is 12.2 Å². The molecule has 0 spiro atoms. The number of carboxylic acid groups (broad SMARTS) is 1. The number of hydrogen-bond acceptors (Lipinski definition) is 5. The summed E-state index contributed by atoms with van der Waals surface area (Å²) in [5.41, 5.74) is -3.60. The van der Waals surface area contributed by atoms with E-state index in [9.17, 15) is 15.0 Å². The molecule has 0 amide bonds. The van der Waals surface area contributed by atoms with Gasteiger partial charge < -0.3 is 24.8 Å². The first-order valence-corrected chi connectivity index (χ1v) is 6.37. The third-order valence-corrected chi connectivity index (χ3v) is 4.65. The number of carboxylic acids is 1. The first kappa shape index (κ1) is 16.4. The fourth-order valence-corrected chi connectivity index (χ4v) is 2.52. The molecule has 6 heteroatoms. The van der Waals surface area contributed by atoms with Crippen LogP contribution in [-0.2, 0) is 14.3 Å². The lowest BCUT2D eigenvalue weighted by Gasteiger charge is -2.57. The Hall–Kier alpha value is -0.690. The van der Waals surface area contributed by atoms with Crippen molar-refractivity contribution in [3.05, 3.63) is 0 Å². The van der Waals surface area contributed by atoms with E-state index in [0.29, 0.717) is 0 Å². The SMILES string of the molecule is CC1OC(C)(COCC(=O)O)C(C)(O)C(C)C1(C)O. The summed E-state index contributed by atoms with van der Waals surface area (Å²) in [6.07, 6.45) is -0.499. The summed E-state index contributed by atoms with van der Waals surface area (Å²) in [5, 5.41) is 29.6. The van der Waals surface area contributed by atoms with Crippen molar-refractivity contribution < 1.29 is 29.6 Å². The Kier molecular flexibility index (Phi) is 4.32. The van der Waals surface area contributed by atoms with Crippen LogP contribution in [0.2, 0.25) is 0 Å². The van der Waals surface area contributed by atoms with E-state index in [1.54, 1.807) is 34.6 Å². The van der Waals surface area contributed by atoms with Crippen molar-refractivity contribution >= 4 is 5.97 Å². The monoisotopic (exact) mass is 276 g/mol. The Morgan fingerprint density at radius 1 is 1.26 bits per heavy atom. The van der Waals surface area contributed by atoms with Crippen molar-refractivity contribution in [3.63, 3.8) is 0 Å². The molecule has 1 aliphatic heterocycles. The van der Waals surface area contributed by atoms with Crippen molar-refractivity contribution in [2.75, 3.05) is 13.2 Å². The summed E-state index contributed by atoms with van der Waals surface area (Å²) in [6.45, 7) is 7.81. The normalized spacial score (nSPS) is 47.1. The second-order valence-corrected chi connectivity index (χ2v) is 5.97. The number of aliphatic hydroxyl groups is 2. The molecule has 6 nitrogen and oxygen atoms in total. The van der Waals surface area contributed by atoms with Crippen LogP contribution in [0.25, 0.3) is 0 Å². The first-order valence-electron chi connectivity index (χ1n) is 6.37. The molecule has 112 valence electrons. The molecule has 1 saturated heterocycles. The van der Waals surface area contributed by atoms with Crippen LogP contribution in [0.5, 0.6) is 0 Å². The smallest absolute Gasteiger partial charge is 0.329 e. The lowest BCUT2D eigenvalue weighted by Crippen LogP contribution is -2.71. The van der Waals surface area contributed by atoms with Gasteiger partial charge in [0.05, 0.1) is 23.9 Å². The number of rotatable bonds is 4. The number of hydrogen-bond donors (Lipinski definition) is 3. The molecule has 0 aromatic heterocycles. The van der Waals surface area contributed by atoms with Crippen molar-refractivity contribution in [1.82, 2.24) is 0 Å². The Bertz CT molecular complexity index is 351. The first-order chi connectivity index (χ1) is 8.45. The Morgan fingerprint density at radius 3 is 2.26 bits per heavy atom. The molecule has 0 aromatic carbocycles. The van der Waals surface area contributed by atoms with Crippen LogP contribution in [0.15, 0.2) is 0 Å². The lowest BCUT2D eigenvalue weighted by molar-refractivity contribution is -0.320. The maximum absolute atomic E-state index is 10.7. The number of carbonyl (C=O) groups is 1. The predicted molar refractivity (Wildman–Crippen MR) is 67.8 cm³/mol. The third-order valence-electron chi connectivity index (χ3n) is 4.65. The molecule has 1 heterocycles. The van der Waals surface area contributed by atoms with E-state index in [2.05, 4.69) is 0 Å². The molecule has 0 radical (unpaired) electrons. The summed E-state index contributed by atoms with van der Waals surface area (Å²) in [4.78, 5) is 10.5. The van der Waals surface area contributed by atoms with Crippen molar-refractivity contribution in [2.24, 2.45) is 5.92 Å². The van der Waals surface area contributed by atoms with Gasteiger partial charge in [0.2, 0.25) is 0 Å². The van der Waals surface area contributed by atoms with Gasteiger partial charge in [-0.3, -0.25) is 0 Å². The highest BCUT2D eigenvalue weighted by Crippen LogP contribution is 2.46. The minimum atomic E-state index is -1.35. The maximum Gasteiger partial charge on any atom is 0.329 e. The van der Waals surface area contributed by atoms with Crippen molar-refractivity contribution in [3.8, 4) is 0 Å². The van der Waals surface area contributed by atoms with Gasteiger partial charge in [-0.25, -0.2) is 4.79 Å². The van der Waals surface area contributed by atoms with Gasteiger partial charge in [0.25, 0.3) is 0 Å². The van der Waals surface area contributed by atoms with Crippen molar-refractivity contribution in [2.45, 2.75) is 57.5 Å². The minimum absolute atomic E-state index is 0.0585. The van der Waals surface area contributed by atoms with Gasteiger partial charge in [-0.2, -0.15) is 0 Å². The highest BCUT2D eigenvalue weighted by atomic mass is 16.6. The van der Waals surface area contributed by atoms with Crippen LogP contribution >= 0.6 is 0 Å². The summed E-state index contributed by atoms with van der Waals surface area (Å²) >= 11 is 0. The quantitative estimate of drug-likeness (QED) is 0.688. The van der Waals surface area contributed by atoms with Crippen LogP contribution in [0.3, 0.4) is 0 Å². The summed E-state index contributed by atoms with van der Waals surface area (Å²) < 4.78 is 10.8. The van der Waals surface area contributed by atoms with Gasteiger partial charge in [0, 0.05) is 5.92 Å². The molecule has 0 saturated carbocycles. The van der Waals surface area contributed by atoms with Gasteiger partial charge in [0.15, 0.2) is 0 Å². The molecular formula is C13H24O6. The molecule has 5 unspecified atom stereocenters. The van der Waals surface area contributed by atoms with Crippen LogP contribution < -0.4 is 0 Å². The van der Waals surface area contributed by atoms with Crippen LogP contribution in [0.4, 0.5) is 0 Å². The standard InChI is InChI=1S/C13H24O6/c1-8-12(4,16)9(2)19-11(3,13(8,5)17)7-18-6-10(14)15/h8-9,16-17H,6-7H2,1-5H3,(H,14,15). The molecule has 1 rings (SSSR count).